The molecular weight excluding hydrogens is 320 g/mol. The lowest BCUT2D eigenvalue weighted by Gasteiger charge is -2.35. The van der Waals surface area contributed by atoms with E-state index >= 15 is 0 Å². The van der Waals surface area contributed by atoms with E-state index in [0.717, 1.165) is 46.2 Å². The molecule has 0 spiro atoms. The topological polar surface area (TPSA) is 40.5 Å². The van der Waals surface area contributed by atoms with Crippen molar-refractivity contribution in [1.29, 1.82) is 0 Å². The van der Waals surface area contributed by atoms with E-state index in [1.807, 2.05) is 26.0 Å². The van der Waals surface area contributed by atoms with Crippen molar-refractivity contribution in [1.82, 2.24) is 0 Å². The van der Waals surface area contributed by atoms with Gasteiger partial charge in [-0.2, -0.15) is 0 Å². The Hall–Kier alpha value is -2.22. The summed E-state index contributed by atoms with van der Waals surface area (Å²) < 4.78 is 0. The second-order valence-corrected chi connectivity index (χ2v) is 8.10. The normalized spacial score (nSPS) is 19.9. The Balaban J connectivity index is 2.26. The summed E-state index contributed by atoms with van der Waals surface area (Å²) in [5, 5.41) is 21.8. The molecule has 0 saturated heterocycles. The summed E-state index contributed by atoms with van der Waals surface area (Å²) >= 11 is 0. The Morgan fingerprint density at radius 2 is 1.23 bits per heavy atom. The van der Waals surface area contributed by atoms with Crippen molar-refractivity contribution >= 4 is 0 Å². The highest BCUT2D eigenvalue weighted by Gasteiger charge is 2.34. The molecule has 0 radical (unpaired) electrons. The molecule has 2 unspecified atom stereocenters. The predicted molar refractivity (Wildman–Crippen MR) is 108 cm³/mol. The van der Waals surface area contributed by atoms with Crippen LogP contribution in [0.3, 0.4) is 0 Å². The lowest BCUT2D eigenvalue weighted by Crippen LogP contribution is -2.23. The van der Waals surface area contributed by atoms with Gasteiger partial charge >= 0.3 is 0 Å². The highest BCUT2D eigenvalue weighted by molar-refractivity contribution is 5.54. The molecule has 0 heterocycles. The van der Waals surface area contributed by atoms with Crippen LogP contribution in [0.2, 0.25) is 0 Å². The van der Waals surface area contributed by atoms with Crippen molar-refractivity contribution in [2.75, 3.05) is 0 Å². The summed E-state index contributed by atoms with van der Waals surface area (Å²) in [5.74, 6) is 1.54. The van der Waals surface area contributed by atoms with Gasteiger partial charge < -0.3 is 10.2 Å². The molecule has 0 aromatic heterocycles. The Bertz CT molecular complexity index is 790. The fraction of sp³-hybridized carbons (Fsp3) is 0.417. The van der Waals surface area contributed by atoms with E-state index < -0.39 is 0 Å². The van der Waals surface area contributed by atoms with Crippen LogP contribution in [0.25, 0.3) is 0 Å². The molecule has 138 valence electrons. The molecule has 1 aliphatic carbocycles. The first-order valence-corrected chi connectivity index (χ1v) is 9.54. The number of phenolic OH excluding ortho intramolecular Hbond substituents is 2. The van der Waals surface area contributed by atoms with E-state index in [4.69, 9.17) is 0 Å². The van der Waals surface area contributed by atoms with Gasteiger partial charge in [-0.15, -0.1) is 0 Å². The number of allylic oxidation sites excluding steroid dienone is 2. The molecule has 3 rings (SSSR count). The molecule has 0 amide bonds. The van der Waals surface area contributed by atoms with Gasteiger partial charge in [0.05, 0.1) is 0 Å². The molecule has 2 atom stereocenters. The van der Waals surface area contributed by atoms with E-state index in [2.05, 4.69) is 45.1 Å². The maximum absolute atomic E-state index is 10.9. The highest BCUT2D eigenvalue weighted by Crippen LogP contribution is 2.48. The van der Waals surface area contributed by atoms with Crippen LogP contribution >= 0.6 is 0 Å². The average Bonchev–Trinajstić information content (AvgIpc) is 2.58. The van der Waals surface area contributed by atoms with E-state index in [0.29, 0.717) is 23.3 Å². The number of phenols is 2. The monoisotopic (exact) mass is 350 g/mol. The van der Waals surface area contributed by atoms with Gasteiger partial charge in [-0.25, -0.2) is 0 Å². The summed E-state index contributed by atoms with van der Waals surface area (Å²) in [7, 11) is 0. The number of hydrogen-bond donors (Lipinski definition) is 2. The fourth-order valence-corrected chi connectivity index (χ4v) is 4.52. The number of aromatic hydroxyl groups is 2. The van der Waals surface area contributed by atoms with Crippen molar-refractivity contribution in [2.24, 2.45) is 11.8 Å². The van der Waals surface area contributed by atoms with Crippen LogP contribution < -0.4 is 0 Å². The van der Waals surface area contributed by atoms with E-state index in [1.54, 1.807) is 0 Å². The molecule has 2 aromatic rings. The van der Waals surface area contributed by atoms with Crippen molar-refractivity contribution in [3.8, 4) is 11.5 Å². The van der Waals surface area contributed by atoms with Crippen molar-refractivity contribution in [3.05, 3.63) is 69.8 Å². The van der Waals surface area contributed by atoms with Crippen molar-refractivity contribution < 1.29 is 10.2 Å². The molecule has 1 aliphatic rings. The minimum absolute atomic E-state index is 0.0212. The third-order valence-corrected chi connectivity index (χ3v) is 5.86. The zero-order chi connectivity index (χ0) is 19.0. The lowest BCUT2D eigenvalue weighted by molar-refractivity contribution is 0.305. The van der Waals surface area contributed by atoms with Gasteiger partial charge in [0.1, 0.15) is 11.5 Å². The zero-order valence-electron chi connectivity index (χ0n) is 16.5. The first kappa shape index (κ1) is 18.6. The van der Waals surface area contributed by atoms with Crippen molar-refractivity contribution in [3.63, 3.8) is 0 Å². The van der Waals surface area contributed by atoms with Gasteiger partial charge in [0.15, 0.2) is 0 Å². The standard InChI is InChI=1S/C24H30O2/c1-14-10-17(4)23(25)20(12-14)22(19-9-7-6-8-16(19)3)21-13-15(2)11-18(5)24(21)26/h6-7,10-13,16,19,22,25-26H,8-9H2,1-5H3. The first-order valence-electron chi connectivity index (χ1n) is 9.54. The van der Waals surface area contributed by atoms with E-state index in [-0.39, 0.29) is 5.92 Å². The average molecular weight is 351 g/mol. The first-order chi connectivity index (χ1) is 12.3. The van der Waals surface area contributed by atoms with Crippen LogP contribution in [0.15, 0.2) is 36.4 Å². The Morgan fingerprint density at radius 1 is 0.769 bits per heavy atom. The summed E-state index contributed by atoms with van der Waals surface area (Å²) in [6.07, 6.45) is 6.50. The summed E-state index contributed by atoms with van der Waals surface area (Å²) in [6.45, 7) is 10.3. The predicted octanol–water partition coefficient (Wildman–Crippen LogP) is 6.07. The SMILES string of the molecule is Cc1cc(C)c(O)c(C(c2cc(C)cc(C)c2O)C2CC=CCC2C)c1. The molecule has 0 aliphatic heterocycles. The van der Waals surface area contributed by atoms with E-state index in [1.165, 1.54) is 0 Å². The Labute approximate surface area is 157 Å². The van der Waals surface area contributed by atoms with E-state index in [9.17, 15) is 10.2 Å². The molecule has 2 heteroatoms. The summed E-state index contributed by atoms with van der Waals surface area (Å²) in [4.78, 5) is 0. The molecule has 2 nitrogen and oxygen atoms in total. The molecule has 2 N–H and O–H groups in total. The zero-order valence-corrected chi connectivity index (χ0v) is 16.5. The smallest absolute Gasteiger partial charge is 0.122 e. The quantitative estimate of drug-likeness (QED) is 0.660. The van der Waals surface area contributed by atoms with Gasteiger partial charge in [0, 0.05) is 17.0 Å². The fourth-order valence-electron chi connectivity index (χ4n) is 4.52. The summed E-state index contributed by atoms with van der Waals surface area (Å²) in [6, 6.07) is 8.22. The van der Waals surface area contributed by atoms with Gasteiger partial charge in [-0.05, 0) is 63.5 Å². The Kier molecular flexibility index (Phi) is 5.13. The van der Waals surface area contributed by atoms with Gasteiger partial charge in [0.25, 0.3) is 0 Å². The molecule has 0 saturated carbocycles. The summed E-state index contributed by atoms with van der Waals surface area (Å²) in [5.41, 5.74) is 5.96. The van der Waals surface area contributed by atoms with Gasteiger partial charge in [0.2, 0.25) is 0 Å². The van der Waals surface area contributed by atoms with Gasteiger partial charge in [-0.1, -0.05) is 54.5 Å². The van der Waals surface area contributed by atoms with Crippen LogP contribution in [0.1, 0.15) is 59.1 Å². The van der Waals surface area contributed by atoms with Crippen LogP contribution in [0, 0.1) is 39.5 Å². The minimum Gasteiger partial charge on any atom is -0.507 e. The number of rotatable bonds is 3. The maximum atomic E-state index is 10.9. The number of aryl methyl sites for hydroxylation is 4. The van der Waals surface area contributed by atoms with Crippen LogP contribution in [0.4, 0.5) is 0 Å². The van der Waals surface area contributed by atoms with Crippen LogP contribution in [-0.2, 0) is 0 Å². The van der Waals surface area contributed by atoms with Crippen LogP contribution in [0.5, 0.6) is 11.5 Å². The molecule has 0 bridgehead atoms. The van der Waals surface area contributed by atoms with Gasteiger partial charge in [-0.3, -0.25) is 0 Å². The Morgan fingerprint density at radius 3 is 1.69 bits per heavy atom. The second-order valence-electron chi connectivity index (χ2n) is 8.10. The van der Waals surface area contributed by atoms with Crippen molar-refractivity contribution in [2.45, 2.75) is 53.4 Å². The van der Waals surface area contributed by atoms with Crippen LogP contribution in [-0.4, -0.2) is 10.2 Å². The largest absolute Gasteiger partial charge is 0.507 e. The highest BCUT2D eigenvalue weighted by atomic mass is 16.3. The third-order valence-electron chi connectivity index (χ3n) is 5.86. The molecule has 0 fully saturated rings. The number of hydrogen-bond acceptors (Lipinski definition) is 2. The number of benzene rings is 2. The molecule has 2 aromatic carbocycles. The molecule has 26 heavy (non-hydrogen) atoms. The third kappa shape index (κ3) is 3.38. The molecular formula is C24H30O2. The lowest BCUT2D eigenvalue weighted by atomic mass is 9.69. The minimum atomic E-state index is -0.0212. The maximum Gasteiger partial charge on any atom is 0.122 e. The second kappa shape index (κ2) is 7.19.